The molecule has 0 saturated carbocycles. The maximum Gasteiger partial charge on any atom is 0.311 e. The Balaban J connectivity index is 2.30. The molecule has 0 amide bonds. The number of nitro benzene ring substituents is 1. The fourth-order valence-electron chi connectivity index (χ4n) is 1.35. The van der Waals surface area contributed by atoms with E-state index in [1.807, 2.05) is 6.07 Å². The van der Waals surface area contributed by atoms with E-state index in [4.69, 9.17) is 10.00 Å². The number of ether oxygens (including phenoxy) is 1. The quantitative estimate of drug-likeness (QED) is 0.600. The van der Waals surface area contributed by atoms with Crippen molar-refractivity contribution in [2.24, 2.45) is 0 Å². The molecule has 0 unspecified atom stereocenters. The molecule has 0 radical (unpaired) electrons. The summed E-state index contributed by atoms with van der Waals surface area (Å²) in [6.07, 6.45) is -0.0485. The van der Waals surface area contributed by atoms with Crippen LogP contribution in [0, 0.1) is 21.4 Å². The second kappa shape index (κ2) is 4.16. The SMILES string of the molecule is N#Cc1ccc([N+](=O)[O-])c(OC2CNC2)c1. The van der Waals surface area contributed by atoms with E-state index in [1.165, 1.54) is 18.2 Å². The van der Waals surface area contributed by atoms with Crippen molar-refractivity contribution >= 4 is 5.69 Å². The van der Waals surface area contributed by atoms with E-state index in [9.17, 15) is 10.1 Å². The number of benzene rings is 1. The Morgan fingerprint density at radius 2 is 2.31 bits per heavy atom. The van der Waals surface area contributed by atoms with E-state index in [1.54, 1.807) is 0 Å². The van der Waals surface area contributed by atoms with Crippen molar-refractivity contribution in [1.82, 2.24) is 5.32 Å². The molecule has 6 nitrogen and oxygen atoms in total. The molecule has 1 N–H and O–H groups in total. The van der Waals surface area contributed by atoms with Crippen molar-refractivity contribution in [2.75, 3.05) is 13.1 Å². The van der Waals surface area contributed by atoms with Crippen LogP contribution in [0.25, 0.3) is 0 Å². The predicted octanol–water partition coefficient (Wildman–Crippen LogP) is 0.817. The topological polar surface area (TPSA) is 88.2 Å². The van der Waals surface area contributed by atoms with Crippen molar-refractivity contribution < 1.29 is 9.66 Å². The second-order valence-corrected chi connectivity index (χ2v) is 3.45. The van der Waals surface area contributed by atoms with Gasteiger partial charge in [0.1, 0.15) is 6.10 Å². The Bertz CT molecular complexity index is 463. The van der Waals surface area contributed by atoms with Gasteiger partial charge in [0.2, 0.25) is 0 Å². The minimum absolute atomic E-state index is 0.0485. The van der Waals surface area contributed by atoms with Crippen LogP contribution in [0.15, 0.2) is 18.2 Å². The Labute approximate surface area is 91.6 Å². The van der Waals surface area contributed by atoms with Crippen molar-refractivity contribution in [1.29, 1.82) is 5.26 Å². The van der Waals surface area contributed by atoms with Crippen molar-refractivity contribution in [3.05, 3.63) is 33.9 Å². The molecular weight excluding hydrogens is 210 g/mol. The highest BCUT2D eigenvalue weighted by molar-refractivity contribution is 5.51. The van der Waals surface area contributed by atoms with E-state index in [0.717, 1.165) is 0 Å². The zero-order valence-electron chi connectivity index (χ0n) is 8.34. The molecule has 0 spiro atoms. The number of rotatable bonds is 3. The summed E-state index contributed by atoms with van der Waals surface area (Å²) in [6, 6.07) is 6.02. The third kappa shape index (κ3) is 1.94. The van der Waals surface area contributed by atoms with Gasteiger partial charge in [-0.25, -0.2) is 0 Å². The molecule has 0 aliphatic carbocycles. The number of nitriles is 1. The van der Waals surface area contributed by atoms with E-state index in [0.29, 0.717) is 18.7 Å². The molecule has 6 heteroatoms. The maximum absolute atomic E-state index is 10.7. The molecule has 1 aromatic rings. The van der Waals surface area contributed by atoms with Crippen LogP contribution in [0.1, 0.15) is 5.56 Å². The highest BCUT2D eigenvalue weighted by atomic mass is 16.6. The number of nitrogens with zero attached hydrogens (tertiary/aromatic N) is 2. The summed E-state index contributed by atoms with van der Waals surface area (Å²) in [5.74, 6) is 0.163. The summed E-state index contributed by atoms with van der Waals surface area (Å²) in [6.45, 7) is 1.35. The second-order valence-electron chi connectivity index (χ2n) is 3.45. The zero-order valence-corrected chi connectivity index (χ0v) is 8.34. The van der Waals surface area contributed by atoms with Crippen LogP contribution < -0.4 is 10.1 Å². The van der Waals surface area contributed by atoms with Gasteiger partial charge in [-0.1, -0.05) is 0 Å². The van der Waals surface area contributed by atoms with Crippen molar-refractivity contribution in [3.63, 3.8) is 0 Å². The average molecular weight is 219 g/mol. The van der Waals surface area contributed by atoms with Gasteiger partial charge in [-0.2, -0.15) is 5.26 Å². The zero-order chi connectivity index (χ0) is 11.5. The molecule has 1 aromatic carbocycles. The van der Waals surface area contributed by atoms with Crippen LogP contribution in [-0.4, -0.2) is 24.1 Å². The molecule has 1 fully saturated rings. The Kier molecular flexibility index (Phi) is 2.70. The van der Waals surface area contributed by atoms with E-state index in [2.05, 4.69) is 5.32 Å². The lowest BCUT2D eigenvalue weighted by Gasteiger charge is -2.27. The molecule has 82 valence electrons. The molecule has 1 aliphatic rings. The normalized spacial score (nSPS) is 14.9. The van der Waals surface area contributed by atoms with E-state index >= 15 is 0 Å². The van der Waals surface area contributed by atoms with Gasteiger partial charge in [0.15, 0.2) is 5.75 Å². The minimum atomic E-state index is -0.511. The minimum Gasteiger partial charge on any atom is -0.481 e. The van der Waals surface area contributed by atoms with Crippen LogP contribution in [0.4, 0.5) is 5.69 Å². The molecule has 1 aliphatic heterocycles. The Morgan fingerprint density at radius 1 is 1.56 bits per heavy atom. The molecule has 0 bridgehead atoms. The lowest BCUT2D eigenvalue weighted by Crippen LogP contribution is -2.50. The summed E-state index contributed by atoms with van der Waals surface area (Å²) in [5.41, 5.74) is 0.249. The van der Waals surface area contributed by atoms with Crippen molar-refractivity contribution in [2.45, 2.75) is 6.10 Å². The van der Waals surface area contributed by atoms with E-state index in [-0.39, 0.29) is 17.5 Å². The molecule has 1 saturated heterocycles. The van der Waals surface area contributed by atoms with Gasteiger partial charge >= 0.3 is 5.69 Å². The van der Waals surface area contributed by atoms with Crippen molar-refractivity contribution in [3.8, 4) is 11.8 Å². The summed E-state index contributed by atoms with van der Waals surface area (Å²) in [7, 11) is 0. The third-order valence-corrected chi connectivity index (χ3v) is 2.32. The van der Waals surface area contributed by atoms with Gasteiger partial charge in [0.05, 0.1) is 16.6 Å². The van der Waals surface area contributed by atoms with Gasteiger partial charge < -0.3 is 10.1 Å². The fourth-order valence-corrected chi connectivity index (χ4v) is 1.35. The standard InChI is InChI=1S/C10H9N3O3/c11-4-7-1-2-9(13(14)15)10(3-7)16-8-5-12-6-8/h1-3,8,12H,5-6H2. The molecule has 1 heterocycles. The largest absolute Gasteiger partial charge is 0.481 e. The number of nitrogens with one attached hydrogen (secondary N) is 1. The monoisotopic (exact) mass is 219 g/mol. The molecule has 0 aromatic heterocycles. The lowest BCUT2D eigenvalue weighted by molar-refractivity contribution is -0.386. The average Bonchev–Trinajstić information content (AvgIpc) is 2.22. The summed E-state index contributed by atoms with van der Waals surface area (Å²) in [5, 5.41) is 22.4. The molecule has 0 atom stereocenters. The van der Waals surface area contributed by atoms with Crippen LogP contribution in [0.2, 0.25) is 0 Å². The highest BCUT2D eigenvalue weighted by Gasteiger charge is 2.23. The van der Waals surface area contributed by atoms with Gasteiger partial charge in [-0.05, 0) is 6.07 Å². The van der Waals surface area contributed by atoms with Crippen LogP contribution in [-0.2, 0) is 0 Å². The predicted molar refractivity (Wildman–Crippen MR) is 55.1 cm³/mol. The molecule has 16 heavy (non-hydrogen) atoms. The number of hydrogen-bond acceptors (Lipinski definition) is 5. The maximum atomic E-state index is 10.7. The molecule has 2 rings (SSSR count). The first kappa shape index (κ1) is 10.4. The van der Waals surface area contributed by atoms with Gasteiger partial charge in [-0.3, -0.25) is 10.1 Å². The summed E-state index contributed by atoms with van der Waals surface area (Å²) in [4.78, 5) is 10.2. The van der Waals surface area contributed by atoms with Gasteiger partial charge in [0.25, 0.3) is 0 Å². The third-order valence-electron chi connectivity index (χ3n) is 2.32. The Hall–Kier alpha value is -2.13. The fraction of sp³-hybridized carbons (Fsp3) is 0.300. The smallest absolute Gasteiger partial charge is 0.311 e. The van der Waals surface area contributed by atoms with Crippen LogP contribution >= 0.6 is 0 Å². The first-order valence-corrected chi connectivity index (χ1v) is 4.76. The first-order chi connectivity index (χ1) is 7.70. The lowest BCUT2D eigenvalue weighted by atomic mass is 10.2. The summed E-state index contributed by atoms with van der Waals surface area (Å²) >= 11 is 0. The van der Waals surface area contributed by atoms with Crippen LogP contribution in [0.5, 0.6) is 5.75 Å². The van der Waals surface area contributed by atoms with Crippen LogP contribution in [0.3, 0.4) is 0 Å². The Morgan fingerprint density at radius 3 is 2.81 bits per heavy atom. The molecular formula is C10H9N3O3. The first-order valence-electron chi connectivity index (χ1n) is 4.76. The highest BCUT2D eigenvalue weighted by Crippen LogP contribution is 2.29. The van der Waals surface area contributed by atoms with Gasteiger partial charge in [-0.15, -0.1) is 0 Å². The number of nitro groups is 1. The van der Waals surface area contributed by atoms with E-state index < -0.39 is 4.92 Å². The number of hydrogen-bond donors (Lipinski definition) is 1. The van der Waals surface area contributed by atoms with Gasteiger partial charge in [0, 0.05) is 25.2 Å². The summed E-state index contributed by atoms with van der Waals surface area (Å²) < 4.78 is 5.43.